The van der Waals surface area contributed by atoms with Gasteiger partial charge in [0.2, 0.25) is 0 Å². The molecule has 168 valence electrons. The van der Waals surface area contributed by atoms with Crippen molar-refractivity contribution in [1.29, 1.82) is 0 Å². The zero-order chi connectivity index (χ0) is 22.6. The number of aliphatic hydroxyl groups is 1. The third-order valence-electron chi connectivity index (χ3n) is 5.57. The number of aromatic nitrogens is 5. The first kappa shape index (κ1) is 23.1. The predicted molar refractivity (Wildman–Crippen MR) is 122 cm³/mol. The van der Waals surface area contributed by atoms with Gasteiger partial charge in [0.15, 0.2) is 5.82 Å². The van der Waals surface area contributed by atoms with Crippen molar-refractivity contribution in [3.8, 4) is 0 Å². The van der Waals surface area contributed by atoms with Crippen molar-refractivity contribution in [3.63, 3.8) is 0 Å². The molecule has 0 saturated heterocycles. The summed E-state index contributed by atoms with van der Waals surface area (Å²) in [7, 11) is 0. The fourth-order valence-corrected chi connectivity index (χ4v) is 4.01. The van der Waals surface area contributed by atoms with Gasteiger partial charge in [-0.05, 0) is 68.0 Å². The second-order valence-electron chi connectivity index (χ2n) is 9.13. The largest absolute Gasteiger partial charge is 0.396 e. The number of nitrogens with zero attached hydrogens (tertiary/aromatic N) is 5. The lowest BCUT2D eigenvalue weighted by atomic mass is 10.0. The quantitative estimate of drug-likeness (QED) is 0.545. The number of aromatic amines is 1. The van der Waals surface area contributed by atoms with E-state index >= 15 is 0 Å². The number of aryl methyl sites for hydroxylation is 1. The Bertz CT molecular complexity index is 1070. The number of H-pyrrole nitrogens is 1. The van der Waals surface area contributed by atoms with Crippen molar-refractivity contribution in [2.75, 3.05) is 13.2 Å². The van der Waals surface area contributed by atoms with Crippen LogP contribution >= 0.6 is 0 Å². The lowest BCUT2D eigenvalue weighted by Crippen LogP contribution is -2.36. The summed E-state index contributed by atoms with van der Waals surface area (Å²) < 4.78 is 1.87. The highest BCUT2D eigenvalue weighted by molar-refractivity contribution is 5.81. The molecule has 8 heteroatoms. The number of para-hydroxylation sites is 1. The highest BCUT2D eigenvalue weighted by atomic mass is 16.3. The van der Waals surface area contributed by atoms with E-state index in [2.05, 4.69) is 53.1 Å². The van der Waals surface area contributed by atoms with E-state index in [1.807, 2.05) is 35.9 Å². The molecule has 1 aromatic carbocycles. The van der Waals surface area contributed by atoms with E-state index in [4.69, 9.17) is 0 Å². The average molecular weight is 427 g/mol. The molecule has 0 spiro atoms. The smallest absolute Gasteiger partial charge is 0.252 e. The van der Waals surface area contributed by atoms with Gasteiger partial charge in [0.05, 0.1) is 17.1 Å². The number of hydrogen-bond acceptors (Lipinski definition) is 6. The summed E-state index contributed by atoms with van der Waals surface area (Å²) in [5.74, 6) is 0.792. The van der Waals surface area contributed by atoms with Crippen LogP contribution in [0.4, 0.5) is 0 Å². The van der Waals surface area contributed by atoms with Crippen LogP contribution in [0, 0.1) is 6.92 Å². The summed E-state index contributed by atoms with van der Waals surface area (Å²) in [6.45, 7) is 11.5. The number of pyridine rings is 1. The highest BCUT2D eigenvalue weighted by Gasteiger charge is 2.30. The maximum Gasteiger partial charge on any atom is 0.252 e. The average Bonchev–Trinajstić information content (AvgIpc) is 3.21. The number of fused-ring (bicyclic) bond motifs is 1. The molecule has 0 aliphatic carbocycles. The van der Waals surface area contributed by atoms with Crippen LogP contribution in [0.1, 0.15) is 70.0 Å². The first-order valence-corrected chi connectivity index (χ1v) is 11.0. The Morgan fingerprint density at radius 2 is 2.06 bits per heavy atom. The van der Waals surface area contributed by atoms with Crippen LogP contribution < -0.4 is 5.56 Å². The summed E-state index contributed by atoms with van der Waals surface area (Å²) in [6, 6.07) is 7.93. The van der Waals surface area contributed by atoms with E-state index in [0.29, 0.717) is 25.1 Å². The van der Waals surface area contributed by atoms with Gasteiger partial charge in [0.1, 0.15) is 0 Å². The Hall–Kier alpha value is -2.58. The van der Waals surface area contributed by atoms with Gasteiger partial charge in [-0.3, -0.25) is 9.69 Å². The molecule has 31 heavy (non-hydrogen) atoms. The van der Waals surface area contributed by atoms with E-state index in [1.54, 1.807) is 0 Å². The Balaban J connectivity index is 2.02. The van der Waals surface area contributed by atoms with Crippen molar-refractivity contribution in [3.05, 3.63) is 51.6 Å². The monoisotopic (exact) mass is 426 g/mol. The predicted octanol–water partition coefficient (Wildman–Crippen LogP) is 3.30. The molecule has 0 bridgehead atoms. The minimum absolute atomic E-state index is 0.0571. The van der Waals surface area contributed by atoms with Crippen molar-refractivity contribution in [2.24, 2.45) is 0 Å². The number of hydrogen-bond donors (Lipinski definition) is 2. The highest BCUT2D eigenvalue weighted by Crippen LogP contribution is 2.29. The molecule has 0 amide bonds. The number of aliphatic hydroxyl groups excluding tert-OH is 1. The van der Waals surface area contributed by atoms with E-state index < -0.39 is 0 Å². The number of nitrogens with one attached hydrogen (secondary N) is 1. The van der Waals surface area contributed by atoms with Gasteiger partial charge >= 0.3 is 0 Å². The molecule has 0 aliphatic heterocycles. The second-order valence-corrected chi connectivity index (χ2v) is 9.13. The number of rotatable bonds is 9. The Morgan fingerprint density at radius 3 is 2.74 bits per heavy atom. The van der Waals surface area contributed by atoms with Gasteiger partial charge in [-0.15, -0.1) is 5.10 Å². The minimum atomic E-state index is -0.259. The lowest BCUT2D eigenvalue weighted by Gasteiger charge is -2.32. The zero-order valence-electron chi connectivity index (χ0n) is 19.2. The standard InChI is InChI=1S/C23H34N6O2/c1-6-9-19(21-25-26-27-29(21)23(3,4)5)28(12-8-13-30)15-18-14-17-11-7-10-16(2)20(17)24-22(18)31/h7,10-11,14,19,30H,6,8-9,12-13,15H2,1-5H3,(H,24,31)/t19-/m1/s1. The van der Waals surface area contributed by atoms with Crippen molar-refractivity contribution in [2.45, 2.75) is 72.0 Å². The molecule has 3 aromatic rings. The van der Waals surface area contributed by atoms with Crippen molar-refractivity contribution >= 4 is 10.9 Å². The molecule has 0 radical (unpaired) electrons. The molecule has 0 saturated carbocycles. The first-order chi connectivity index (χ1) is 14.8. The topological polar surface area (TPSA) is 99.9 Å². The summed E-state index contributed by atoms with van der Waals surface area (Å²) in [4.78, 5) is 18.2. The maximum atomic E-state index is 12.9. The van der Waals surface area contributed by atoms with Gasteiger partial charge in [-0.25, -0.2) is 4.68 Å². The molecule has 0 unspecified atom stereocenters. The Morgan fingerprint density at radius 1 is 1.29 bits per heavy atom. The molecule has 2 N–H and O–H groups in total. The van der Waals surface area contributed by atoms with Crippen molar-refractivity contribution < 1.29 is 5.11 Å². The van der Waals surface area contributed by atoms with E-state index in [1.165, 1.54) is 0 Å². The fraction of sp³-hybridized carbons (Fsp3) is 0.565. The van der Waals surface area contributed by atoms with Crippen LogP contribution in [0.3, 0.4) is 0 Å². The summed E-state index contributed by atoms with van der Waals surface area (Å²) in [6.07, 6.45) is 2.42. The van der Waals surface area contributed by atoms with Crippen LogP contribution in [0.15, 0.2) is 29.1 Å². The third kappa shape index (κ3) is 5.19. The summed E-state index contributed by atoms with van der Waals surface area (Å²) in [5, 5.41) is 23.1. The Kier molecular flexibility index (Phi) is 7.23. The molecule has 2 heterocycles. The molecular weight excluding hydrogens is 392 g/mol. The molecular formula is C23H34N6O2. The normalized spacial score (nSPS) is 13.3. The molecule has 1 atom stereocenters. The van der Waals surface area contributed by atoms with Crippen LogP contribution in [0.25, 0.3) is 10.9 Å². The van der Waals surface area contributed by atoms with Gasteiger partial charge in [-0.2, -0.15) is 0 Å². The third-order valence-corrected chi connectivity index (χ3v) is 5.57. The van der Waals surface area contributed by atoms with E-state index in [-0.39, 0.29) is 23.7 Å². The van der Waals surface area contributed by atoms with Crippen molar-refractivity contribution in [1.82, 2.24) is 30.1 Å². The molecule has 8 nitrogen and oxygen atoms in total. The van der Waals surface area contributed by atoms with Crippen LogP contribution in [0.5, 0.6) is 0 Å². The fourth-order valence-electron chi connectivity index (χ4n) is 4.01. The van der Waals surface area contributed by atoms with Gasteiger partial charge < -0.3 is 10.1 Å². The SMILES string of the molecule is CCC[C@H](c1nnnn1C(C)(C)C)N(CCCO)Cc1cc2cccc(C)c2[nH]c1=O. The summed E-state index contributed by atoms with van der Waals surface area (Å²) in [5.41, 5.74) is 2.28. The van der Waals surface area contributed by atoms with Gasteiger partial charge in [0.25, 0.3) is 5.56 Å². The minimum Gasteiger partial charge on any atom is -0.396 e. The molecule has 0 fully saturated rings. The number of tetrazole rings is 1. The first-order valence-electron chi connectivity index (χ1n) is 11.0. The van der Waals surface area contributed by atoms with Gasteiger partial charge in [-0.1, -0.05) is 31.5 Å². The van der Waals surface area contributed by atoms with E-state index in [9.17, 15) is 9.90 Å². The second kappa shape index (κ2) is 9.70. The summed E-state index contributed by atoms with van der Waals surface area (Å²) >= 11 is 0. The van der Waals surface area contributed by atoms with Crippen LogP contribution in [-0.2, 0) is 12.1 Å². The molecule has 0 aliphatic rings. The van der Waals surface area contributed by atoms with E-state index in [0.717, 1.165) is 35.1 Å². The number of benzene rings is 1. The molecule has 3 rings (SSSR count). The van der Waals surface area contributed by atoms with Crippen LogP contribution in [0.2, 0.25) is 0 Å². The Labute approximate surface area is 183 Å². The zero-order valence-corrected chi connectivity index (χ0v) is 19.2. The van der Waals surface area contributed by atoms with Gasteiger partial charge in [0, 0.05) is 25.3 Å². The maximum absolute atomic E-state index is 12.9. The lowest BCUT2D eigenvalue weighted by molar-refractivity contribution is 0.142. The van der Waals surface area contributed by atoms with Crippen LogP contribution in [-0.4, -0.2) is 48.3 Å². The molecule has 2 aromatic heterocycles.